The van der Waals surface area contributed by atoms with Gasteiger partial charge in [-0.3, -0.25) is 4.79 Å². The standard InChI is InChI=1S/C20H17F2N3O/c1-12-4-3-5-13(2)19(12)25-20(26)14-6-9-18(23-11-14)24-17-8-7-15(21)10-16(17)22/h3-11H,1-2H3,(H,23,24)(H,25,26). The van der Waals surface area contributed by atoms with Crippen molar-refractivity contribution in [3.05, 3.63) is 83.1 Å². The average Bonchev–Trinajstić information content (AvgIpc) is 2.61. The van der Waals surface area contributed by atoms with E-state index in [9.17, 15) is 13.6 Å². The maximum Gasteiger partial charge on any atom is 0.257 e. The van der Waals surface area contributed by atoms with E-state index in [4.69, 9.17) is 0 Å². The number of nitrogens with zero attached hydrogens (tertiary/aromatic N) is 1. The van der Waals surface area contributed by atoms with Crippen LogP contribution in [0.3, 0.4) is 0 Å². The van der Waals surface area contributed by atoms with Crippen LogP contribution in [0.4, 0.5) is 26.0 Å². The molecule has 0 radical (unpaired) electrons. The second-order valence-electron chi connectivity index (χ2n) is 5.90. The molecule has 0 saturated heterocycles. The highest BCUT2D eigenvalue weighted by Crippen LogP contribution is 2.22. The molecule has 3 rings (SSSR count). The molecule has 26 heavy (non-hydrogen) atoms. The van der Waals surface area contributed by atoms with E-state index in [-0.39, 0.29) is 11.6 Å². The predicted octanol–water partition coefficient (Wildman–Crippen LogP) is 4.97. The monoisotopic (exact) mass is 353 g/mol. The normalized spacial score (nSPS) is 10.5. The summed E-state index contributed by atoms with van der Waals surface area (Å²) in [4.78, 5) is 16.5. The molecule has 1 amide bonds. The lowest BCUT2D eigenvalue weighted by Gasteiger charge is -2.12. The molecule has 0 aliphatic heterocycles. The maximum absolute atomic E-state index is 13.7. The molecule has 1 aromatic heterocycles. The van der Waals surface area contributed by atoms with E-state index in [1.807, 2.05) is 32.0 Å². The third-order valence-electron chi connectivity index (χ3n) is 3.94. The van der Waals surface area contributed by atoms with Gasteiger partial charge in [0.25, 0.3) is 5.91 Å². The molecular weight excluding hydrogens is 336 g/mol. The van der Waals surface area contributed by atoms with Gasteiger partial charge in [0.15, 0.2) is 0 Å². The Balaban J connectivity index is 1.74. The Hall–Kier alpha value is -3.28. The lowest BCUT2D eigenvalue weighted by atomic mass is 10.1. The minimum Gasteiger partial charge on any atom is -0.338 e. The number of pyridine rings is 1. The topological polar surface area (TPSA) is 54.0 Å². The number of nitrogens with one attached hydrogen (secondary N) is 2. The van der Waals surface area contributed by atoms with Crippen molar-refractivity contribution >= 4 is 23.1 Å². The molecular formula is C20H17F2N3O. The van der Waals surface area contributed by atoms with Crippen LogP contribution in [0, 0.1) is 25.5 Å². The fourth-order valence-corrected chi connectivity index (χ4v) is 2.53. The summed E-state index contributed by atoms with van der Waals surface area (Å²) in [5.41, 5.74) is 3.19. The van der Waals surface area contributed by atoms with Gasteiger partial charge in [0, 0.05) is 18.0 Å². The molecule has 2 aromatic carbocycles. The average molecular weight is 353 g/mol. The number of carbonyl (C=O) groups is 1. The largest absolute Gasteiger partial charge is 0.338 e. The lowest BCUT2D eigenvalue weighted by Crippen LogP contribution is -2.14. The number of hydrogen-bond donors (Lipinski definition) is 2. The number of amides is 1. The van der Waals surface area contributed by atoms with Crippen LogP contribution in [-0.4, -0.2) is 10.9 Å². The zero-order valence-electron chi connectivity index (χ0n) is 14.3. The Morgan fingerprint density at radius 2 is 1.73 bits per heavy atom. The molecule has 4 nitrogen and oxygen atoms in total. The Kier molecular flexibility index (Phi) is 4.93. The number of rotatable bonds is 4. The van der Waals surface area contributed by atoms with Crippen molar-refractivity contribution < 1.29 is 13.6 Å². The van der Waals surface area contributed by atoms with Crippen molar-refractivity contribution in [2.45, 2.75) is 13.8 Å². The Morgan fingerprint density at radius 3 is 2.35 bits per heavy atom. The first-order chi connectivity index (χ1) is 12.4. The molecule has 2 N–H and O–H groups in total. The molecule has 3 aromatic rings. The highest BCUT2D eigenvalue weighted by Gasteiger charge is 2.11. The fourth-order valence-electron chi connectivity index (χ4n) is 2.53. The summed E-state index contributed by atoms with van der Waals surface area (Å²) in [5, 5.41) is 5.63. The first-order valence-electron chi connectivity index (χ1n) is 8.00. The number of carbonyl (C=O) groups excluding carboxylic acids is 1. The molecule has 0 aliphatic carbocycles. The van der Waals surface area contributed by atoms with E-state index in [0.29, 0.717) is 11.4 Å². The third kappa shape index (κ3) is 3.85. The number of aromatic nitrogens is 1. The number of halogens is 2. The van der Waals surface area contributed by atoms with Crippen LogP contribution in [0.25, 0.3) is 0 Å². The minimum absolute atomic E-state index is 0.103. The number of aryl methyl sites for hydroxylation is 2. The van der Waals surface area contributed by atoms with Crippen LogP contribution in [0.1, 0.15) is 21.5 Å². The molecule has 0 bridgehead atoms. The van der Waals surface area contributed by atoms with Gasteiger partial charge in [0.2, 0.25) is 0 Å². The van der Waals surface area contributed by atoms with Crippen LogP contribution in [0.2, 0.25) is 0 Å². The number of benzene rings is 2. The van der Waals surface area contributed by atoms with E-state index in [1.165, 1.54) is 12.3 Å². The van der Waals surface area contributed by atoms with Gasteiger partial charge in [-0.05, 0) is 49.2 Å². The zero-order valence-corrected chi connectivity index (χ0v) is 14.3. The van der Waals surface area contributed by atoms with Crippen LogP contribution >= 0.6 is 0 Å². The summed E-state index contributed by atoms with van der Waals surface area (Å²) >= 11 is 0. The molecule has 0 unspecified atom stereocenters. The van der Waals surface area contributed by atoms with Gasteiger partial charge in [0.05, 0.1) is 11.3 Å². The molecule has 0 spiro atoms. The van der Waals surface area contributed by atoms with E-state index in [0.717, 1.165) is 28.9 Å². The van der Waals surface area contributed by atoms with Crippen molar-refractivity contribution in [2.24, 2.45) is 0 Å². The molecule has 0 aliphatic rings. The van der Waals surface area contributed by atoms with E-state index < -0.39 is 11.6 Å². The van der Waals surface area contributed by atoms with Crippen molar-refractivity contribution in [2.75, 3.05) is 10.6 Å². The molecule has 0 atom stereocenters. The summed E-state index contributed by atoms with van der Waals surface area (Å²) in [6.07, 6.45) is 1.40. The summed E-state index contributed by atoms with van der Waals surface area (Å²) in [6.45, 7) is 3.84. The lowest BCUT2D eigenvalue weighted by molar-refractivity contribution is 0.102. The van der Waals surface area contributed by atoms with Crippen LogP contribution < -0.4 is 10.6 Å². The highest BCUT2D eigenvalue weighted by atomic mass is 19.1. The van der Waals surface area contributed by atoms with E-state index in [2.05, 4.69) is 15.6 Å². The van der Waals surface area contributed by atoms with Crippen molar-refractivity contribution in [1.82, 2.24) is 4.98 Å². The quantitative estimate of drug-likeness (QED) is 0.696. The summed E-state index contributed by atoms with van der Waals surface area (Å²) in [7, 11) is 0. The smallest absolute Gasteiger partial charge is 0.257 e. The molecule has 132 valence electrons. The molecule has 1 heterocycles. The fraction of sp³-hybridized carbons (Fsp3) is 0.100. The van der Waals surface area contributed by atoms with E-state index in [1.54, 1.807) is 12.1 Å². The summed E-state index contributed by atoms with van der Waals surface area (Å²) < 4.78 is 26.6. The first kappa shape index (κ1) is 17.5. The van der Waals surface area contributed by atoms with Gasteiger partial charge < -0.3 is 10.6 Å². The molecule has 0 saturated carbocycles. The van der Waals surface area contributed by atoms with Gasteiger partial charge in [-0.2, -0.15) is 0 Å². The van der Waals surface area contributed by atoms with Crippen LogP contribution in [0.5, 0.6) is 0 Å². The first-order valence-corrected chi connectivity index (χ1v) is 8.00. The minimum atomic E-state index is -0.719. The van der Waals surface area contributed by atoms with Crippen LogP contribution in [0.15, 0.2) is 54.7 Å². The number of para-hydroxylation sites is 1. The Bertz CT molecular complexity index is 936. The van der Waals surface area contributed by atoms with Gasteiger partial charge >= 0.3 is 0 Å². The number of anilines is 3. The van der Waals surface area contributed by atoms with E-state index >= 15 is 0 Å². The molecule has 6 heteroatoms. The van der Waals surface area contributed by atoms with Gasteiger partial charge in [-0.25, -0.2) is 13.8 Å². The SMILES string of the molecule is Cc1cccc(C)c1NC(=O)c1ccc(Nc2ccc(F)cc2F)nc1. The van der Waals surface area contributed by atoms with Crippen molar-refractivity contribution in [3.63, 3.8) is 0 Å². The molecule has 0 fully saturated rings. The maximum atomic E-state index is 13.7. The predicted molar refractivity (Wildman–Crippen MR) is 97.7 cm³/mol. The zero-order chi connectivity index (χ0) is 18.7. The van der Waals surface area contributed by atoms with Gasteiger partial charge in [-0.15, -0.1) is 0 Å². The van der Waals surface area contributed by atoms with Gasteiger partial charge in [0.1, 0.15) is 17.5 Å². The van der Waals surface area contributed by atoms with Gasteiger partial charge in [-0.1, -0.05) is 18.2 Å². The third-order valence-corrected chi connectivity index (χ3v) is 3.94. The van der Waals surface area contributed by atoms with Crippen LogP contribution in [-0.2, 0) is 0 Å². The Labute approximate surface area is 149 Å². The van der Waals surface area contributed by atoms with Crippen molar-refractivity contribution in [1.29, 1.82) is 0 Å². The summed E-state index contributed by atoms with van der Waals surface area (Å²) in [5.74, 6) is -1.31. The Morgan fingerprint density at radius 1 is 1.00 bits per heavy atom. The second-order valence-corrected chi connectivity index (χ2v) is 5.90. The highest BCUT2D eigenvalue weighted by molar-refractivity contribution is 6.05. The van der Waals surface area contributed by atoms with Crippen molar-refractivity contribution in [3.8, 4) is 0 Å². The second kappa shape index (κ2) is 7.31. The summed E-state index contributed by atoms with van der Waals surface area (Å²) in [6, 6.07) is 12.1. The number of hydrogen-bond acceptors (Lipinski definition) is 3.